The molecule has 1 N–H and O–H groups in total. The van der Waals surface area contributed by atoms with Gasteiger partial charge in [0, 0.05) is 15.7 Å². The summed E-state index contributed by atoms with van der Waals surface area (Å²) in [6.07, 6.45) is 0. The molecule has 3 heteroatoms. The zero-order valence-corrected chi connectivity index (χ0v) is 14.2. The van der Waals surface area contributed by atoms with E-state index in [4.69, 9.17) is 4.74 Å². The van der Waals surface area contributed by atoms with E-state index in [1.54, 1.807) is 7.11 Å². The third-order valence-corrected chi connectivity index (χ3v) is 4.18. The van der Waals surface area contributed by atoms with Crippen LogP contribution in [0.2, 0.25) is 0 Å². The molecule has 1 unspecified atom stereocenters. The molecule has 106 valence electrons. The second-order valence-electron chi connectivity index (χ2n) is 4.94. The fourth-order valence-electron chi connectivity index (χ4n) is 2.23. The zero-order chi connectivity index (χ0) is 14.5. The maximum Gasteiger partial charge on any atom is 0.119 e. The molecule has 0 aliphatic heterocycles. The largest absolute Gasteiger partial charge is 0.497 e. The maximum atomic E-state index is 5.28. The van der Waals surface area contributed by atoms with Crippen molar-refractivity contribution in [2.75, 3.05) is 7.11 Å². The number of benzene rings is 2. The first-order chi connectivity index (χ1) is 9.60. The number of methoxy groups -OCH3 is 1. The van der Waals surface area contributed by atoms with E-state index >= 15 is 0 Å². The predicted octanol–water partition coefficient (Wildman–Crippen LogP) is 4.71. The topological polar surface area (TPSA) is 21.3 Å². The summed E-state index contributed by atoms with van der Waals surface area (Å²) in [6, 6.07) is 17.4. The number of rotatable bonds is 5. The average Bonchev–Trinajstić information content (AvgIpc) is 2.47. The van der Waals surface area contributed by atoms with E-state index < -0.39 is 0 Å². The van der Waals surface area contributed by atoms with Gasteiger partial charge in [-0.25, -0.2) is 0 Å². The molecule has 0 aliphatic rings. The SMILES string of the molecule is COc1cccc([C@@H](C)NC(C)c2ccc(I)cc2)c1. The van der Waals surface area contributed by atoms with Crippen molar-refractivity contribution in [1.82, 2.24) is 5.32 Å². The summed E-state index contributed by atoms with van der Waals surface area (Å²) < 4.78 is 6.54. The van der Waals surface area contributed by atoms with Crippen molar-refractivity contribution in [2.45, 2.75) is 25.9 Å². The first-order valence-electron chi connectivity index (χ1n) is 6.75. The second kappa shape index (κ2) is 7.09. The lowest BCUT2D eigenvalue weighted by Gasteiger charge is -2.21. The molecule has 0 bridgehead atoms. The Morgan fingerprint density at radius 1 is 0.950 bits per heavy atom. The van der Waals surface area contributed by atoms with Crippen LogP contribution in [0, 0.1) is 3.57 Å². The molecule has 2 atom stereocenters. The quantitative estimate of drug-likeness (QED) is 0.758. The first-order valence-corrected chi connectivity index (χ1v) is 7.83. The number of halogens is 1. The molecule has 0 saturated carbocycles. The maximum absolute atomic E-state index is 5.28. The van der Waals surface area contributed by atoms with Crippen LogP contribution in [0.3, 0.4) is 0 Å². The highest BCUT2D eigenvalue weighted by atomic mass is 127. The van der Waals surface area contributed by atoms with Gasteiger partial charge in [0.2, 0.25) is 0 Å². The fourth-order valence-corrected chi connectivity index (χ4v) is 2.59. The Bertz CT molecular complexity index is 553. The highest BCUT2D eigenvalue weighted by molar-refractivity contribution is 14.1. The predicted molar refractivity (Wildman–Crippen MR) is 92.1 cm³/mol. The summed E-state index contributed by atoms with van der Waals surface area (Å²) in [5, 5.41) is 3.63. The molecule has 0 radical (unpaired) electrons. The van der Waals surface area contributed by atoms with Gasteiger partial charge in [-0.1, -0.05) is 24.3 Å². The minimum Gasteiger partial charge on any atom is -0.497 e. The van der Waals surface area contributed by atoms with Crippen LogP contribution < -0.4 is 10.1 Å². The van der Waals surface area contributed by atoms with Crippen LogP contribution in [-0.2, 0) is 0 Å². The van der Waals surface area contributed by atoms with E-state index in [1.165, 1.54) is 14.7 Å². The molecule has 20 heavy (non-hydrogen) atoms. The second-order valence-corrected chi connectivity index (χ2v) is 6.18. The summed E-state index contributed by atoms with van der Waals surface area (Å²) in [5.74, 6) is 0.901. The van der Waals surface area contributed by atoms with Crippen LogP contribution in [-0.4, -0.2) is 7.11 Å². The molecule has 2 nitrogen and oxygen atoms in total. The Kier molecular flexibility index (Phi) is 5.43. The molecule has 0 saturated heterocycles. The van der Waals surface area contributed by atoms with Crippen LogP contribution in [0.1, 0.15) is 37.1 Å². The smallest absolute Gasteiger partial charge is 0.119 e. The van der Waals surface area contributed by atoms with Gasteiger partial charge in [0.1, 0.15) is 5.75 Å². The van der Waals surface area contributed by atoms with Crippen LogP contribution in [0.15, 0.2) is 48.5 Å². The van der Waals surface area contributed by atoms with Crippen molar-refractivity contribution in [3.63, 3.8) is 0 Å². The monoisotopic (exact) mass is 381 g/mol. The first kappa shape index (κ1) is 15.3. The lowest BCUT2D eigenvalue weighted by molar-refractivity contribution is 0.412. The molecule has 0 spiro atoms. The molecule has 0 heterocycles. The number of nitrogens with one attached hydrogen (secondary N) is 1. The molecule has 2 aromatic carbocycles. The molecular formula is C17H20INO. The third-order valence-electron chi connectivity index (χ3n) is 3.46. The highest BCUT2D eigenvalue weighted by Crippen LogP contribution is 2.22. The van der Waals surface area contributed by atoms with Crippen LogP contribution in [0.5, 0.6) is 5.75 Å². The van der Waals surface area contributed by atoms with Crippen molar-refractivity contribution in [1.29, 1.82) is 0 Å². The van der Waals surface area contributed by atoms with Crippen LogP contribution in [0.4, 0.5) is 0 Å². The number of hydrogen-bond acceptors (Lipinski definition) is 2. The van der Waals surface area contributed by atoms with Crippen molar-refractivity contribution in [2.24, 2.45) is 0 Å². The van der Waals surface area contributed by atoms with Gasteiger partial charge in [0.15, 0.2) is 0 Å². The Labute approximate surface area is 134 Å². The van der Waals surface area contributed by atoms with Gasteiger partial charge < -0.3 is 10.1 Å². The zero-order valence-electron chi connectivity index (χ0n) is 12.1. The van der Waals surface area contributed by atoms with Gasteiger partial charge in [-0.2, -0.15) is 0 Å². The minimum atomic E-state index is 0.277. The Morgan fingerprint density at radius 3 is 2.25 bits per heavy atom. The van der Waals surface area contributed by atoms with E-state index in [-0.39, 0.29) is 6.04 Å². The van der Waals surface area contributed by atoms with Gasteiger partial charge in [0.25, 0.3) is 0 Å². The van der Waals surface area contributed by atoms with E-state index in [2.05, 4.69) is 78.2 Å². The average molecular weight is 381 g/mol. The van der Waals surface area contributed by atoms with E-state index in [0.29, 0.717) is 6.04 Å². The lowest BCUT2D eigenvalue weighted by Crippen LogP contribution is -2.22. The van der Waals surface area contributed by atoms with Gasteiger partial charge in [-0.05, 0) is 71.8 Å². The molecule has 0 aromatic heterocycles. The van der Waals surface area contributed by atoms with Crippen molar-refractivity contribution < 1.29 is 4.74 Å². The van der Waals surface area contributed by atoms with Crippen LogP contribution in [0.25, 0.3) is 0 Å². The summed E-state index contributed by atoms with van der Waals surface area (Å²) in [4.78, 5) is 0. The van der Waals surface area contributed by atoms with Gasteiger partial charge >= 0.3 is 0 Å². The molecule has 2 aromatic rings. The van der Waals surface area contributed by atoms with Gasteiger partial charge in [-0.3, -0.25) is 0 Å². The normalized spacial score (nSPS) is 13.8. The number of ether oxygens (including phenoxy) is 1. The molecule has 0 fully saturated rings. The van der Waals surface area contributed by atoms with E-state index in [9.17, 15) is 0 Å². The summed E-state index contributed by atoms with van der Waals surface area (Å²) in [5.41, 5.74) is 2.54. The van der Waals surface area contributed by atoms with Crippen molar-refractivity contribution in [3.05, 3.63) is 63.2 Å². The Hall–Kier alpha value is -1.07. The summed E-state index contributed by atoms with van der Waals surface area (Å²) in [6.45, 7) is 4.37. The minimum absolute atomic E-state index is 0.277. The Morgan fingerprint density at radius 2 is 1.60 bits per heavy atom. The van der Waals surface area contributed by atoms with Crippen molar-refractivity contribution >= 4 is 22.6 Å². The summed E-state index contributed by atoms with van der Waals surface area (Å²) in [7, 11) is 1.70. The molecule has 0 amide bonds. The Balaban J connectivity index is 2.06. The highest BCUT2D eigenvalue weighted by Gasteiger charge is 2.11. The fraction of sp³-hybridized carbons (Fsp3) is 0.294. The standard InChI is InChI=1S/C17H20INO/c1-12(14-7-9-16(18)10-8-14)19-13(2)15-5-4-6-17(11-15)20-3/h4-13,19H,1-3H3/t12?,13-/m1/s1. The molecular weight excluding hydrogens is 361 g/mol. The third kappa shape index (κ3) is 3.96. The van der Waals surface area contributed by atoms with Gasteiger partial charge in [0.05, 0.1) is 7.11 Å². The summed E-state index contributed by atoms with van der Waals surface area (Å²) >= 11 is 2.33. The van der Waals surface area contributed by atoms with Crippen molar-refractivity contribution in [3.8, 4) is 5.75 Å². The number of hydrogen-bond donors (Lipinski definition) is 1. The lowest BCUT2D eigenvalue weighted by atomic mass is 10.0. The van der Waals surface area contributed by atoms with E-state index in [1.807, 2.05) is 12.1 Å². The van der Waals surface area contributed by atoms with E-state index in [0.717, 1.165) is 5.75 Å². The van der Waals surface area contributed by atoms with Crippen LogP contribution >= 0.6 is 22.6 Å². The van der Waals surface area contributed by atoms with Gasteiger partial charge in [-0.15, -0.1) is 0 Å². The molecule has 2 rings (SSSR count). The molecule has 0 aliphatic carbocycles.